The summed E-state index contributed by atoms with van der Waals surface area (Å²) < 4.78 is 27.9. The Balaban J connectivity index is 2.24. The van der Waals surface area contributed by atoms with E-state index in [0.29, 0.717) is 22.2 Å². The number of hydrogen-bond acceptors (Lipinski definition) is 4. The van der Waals surface area contributed by atoms with Gasteiger partial charge >= 0.3 is 0 Å². The molecular weight excluding hydrogens is 306 g/mol. The number of rotatable bonds is 7. The third-order valence-electron chi connectivity index (χ3n) is 4.03. The molecule has 0 aromatic carbocycles. The molecule has 0 atom stereocenters. The molecule has 1 N–H and O–H groups in total. The van der Waals surface area contributed by atoms with Gasteiger partial charge < -0.3 is 5.11 Å². The summed E-state index contributed by atoms with van der Waals surface area (Å²) in [4.78, 5) is 0. The first-order valence-corrected chi connectivity index (χ1v) is 9.97. The Bertz CT molecular complexity index is 545. The lowest BCUT2D eigenvalue weighted by molar-refractivity contribution is 0.282. The van der Waals surface area contributed by atoms with Crippen LogP contribution in [0.15, 0.2) is 15.7 Å². The average Bonchev–Trinajstić information content (AvgIpc) is 3.09. The molecule has 6 heteroatoms. The van der Waals surface area contributed by atoms with Gasteiger partial charge in [-0.15, -0.1) is 11.3 Å². The minimum Gasteiger partial charge on any atom is -0.392 e. The highest BCUT2D eigenvalue weighted by atomic mass is 32.2. The van der Waals surface area contributed by atoms with E-state index in [4.69, 9.17) is 5.11 Å². The molecule has 1 saturated carbocycles. The Morgan fingerprint density at radius 1 is 1.38 bits per heavy atom. The summed E-state index contributed by atoms with van der Waals surface area (Å²) in [7, 11) is -3.43. The quantitative estimate of drug-likeness (QED) is 0.834. The topological polar surface area (TPSA) is 57.6 Å². The Kier molecular flexibility index (Phi) is 5.82. The van der Waals surface area contributed by atoms with Crippen LogP contribution in [0.1, 0.15) is 51.5 Å². The Morgan fingerprint density at radius 3 is 2.57 bits per heavy atom. The monoisotopic (exact) mass is 331 g/mol. The molecule has 0 spiro atoms. The van der Waals surface area contributed by atoms with Gasteiger partial charge in [0.15, 0.2) is 0 Å². The molecule has 0 unspecified atom stereocenters. The van der Waals surface area contributed by atoms with Crippen molar-refractivity contribution < 1.29 is 13.5 Å². The maximum absolute atomic E-state index is 12.9. The fraction of sp³-hybridized carbons (Fsp3) is 0.733. The number of aliphatic hydroxyl groups is 1. The summed E-state index contributed by atoms with van der Waals surface area (Å²) in [6, 6.07) is 1.76. The van der Waals surface area contributed by atoms with Gasteiger partial charge in [0.05, 0.1) is 6.61 Å². The van der Waals surface area contributed by atoms with Crippen LogP contribution < -0.4 is 0 Å². The van der Waals surface area contributed by atoms with E-state index in [1.165, 1.54) is 11.3 Å². The van der Waals surface area contributed by atoms with Crippen molar-refractivity contribution in [2.45, 2.75) is 62.8 Å². The Morgan fingerprint density at radius 2 is 2.05 bits per heavy atom. The van der Waals surface area contributed by atoms with E-state index in [1.807, 2.05) is 0 Å². The third-order valence-corrected chi connectivity index (χ3v) is 7.45. The molecule has 0 saturated heterocycles. The zero-order valence-electron chi connectivity index (χ0n) is 12.8. The van der Waals surface area contributed by atoms with Crippen LogP contribution in [0, 0.1) is 5.92 Å². The molecule has 1 heterocycles. The van der Waals surface area contributed by atoms with Crippen LogP contribution in [-0.4, -0.2) is 30.4 Å². The molecule has 120 valence electrons. The van der Waals surface area contributed by atoms with Crippen molar-refractivity contribution in [2.24, 2.45) is 5.92 Å². The zero-order chi connectivity index (χ0) is 15.5. The number of nitrogens with zero attached hydrogens (tertiary/aromatic N) is 1. The van der Waals surface area contributed by atoms with E-state index in [9.17, 15) is 8.42 Å². The molecule has 2 rings (SSSR count). The predicted molar refractivity (Wildman–Crippen MR) is 85.8 cm³/mol. The SMILES string of the molecule is CC(C)CCN(C1CCCC1)S(=O)(=O)c1cc(CO)cs1. The second kappa shape index (κ2) is 7.22. The molecule has 1 aromatic heterocycles. The molecule has 0 aliphatic heterocycles. The van der Waals surface area contributed by atoms with Crippen LogP contribution in [-0.2, 0) is 16.6 Å². The molecule has 1 fully saturated rings. The molecular formula is C15H25NO3S2. The summed E-state index contributed by atoms with van der Waals surface area (Å²) in [5, 5.41) is 10.9. The summed E-state index contributed by atoms with van der Waals surface area (Å²) in [6.07, 6.45) is 5.05. The fourth-order valence-electron chi connectivity index (χ4n) is 2.76. The van der Waals surface area contributed by atoms with Crippen LogP contribution in [0.3, 0.4) is 0 Å². The van der Waals surface area contributed by atoms with Crippen LogP contribution in [0.25, 0.3) is 0 Å². The molecule has 0 radical (unpaired) electrons. The van der Waals surface area contributed by atoms with E-state index in [-0.39, 0.29) is 12.6 Å². The number of thiophene rings is 1. The van der Waals surface area contributed by atoms with Gasteiger partial charge in [-0.25, -0.2) is 8.42 Å². The Hall–Kier alpha value is -0.430. The van der Waals surface area contributed by atoms with Gasteiger partial charge in [0.2, 0.25) is 0 Å². The molecule has 1 aliphatic carbocycles. The van der Waals surface area contributed by atoms with Gasteiger partial charge in [0.25, 0.3) is 10.0 Å². The second-order valence-electron chi connectivity index (χ2n) is 6.17. The molecule has 0 bridgehead atoms. The second-order valence-corrected chi connectivity index (χ2v) is 9.20. The lowest BCUT2D eigenvalue weighted by atomic mass is 10.1. The Labute approximate surface area is 131 Å². The van der Waals surface area contributed by atoms with Gasteiger partial charge in [0.1, 0.15) is 4.21 Å². The smallest absolute Gasteiger partial charge is 0.252 e. The van der Waals surface area contributed by atoms with Gasteiger partial charge in [-0.2, -0.15) is 4.31 Å². The van der Waals surface area contributed by atoms with Crippen molar-refractivity contribution >= 4 is 21.4 Å². The van der Waals surface area contributed by atoms with E-state index in [2.05, 4.69) is 13.8 Å². The first-order valence-electron chi connectivity index (χ1n) is 7.65. The van der Waals surface area contributed by atoms with Gasteiger partial charge in [-0.3, -0.25) is 0 Å². The average molecular weight is 332 g/mol. The van der Waals surface area contributed by atoms with Gasteiger partial charge in [-0.05, 0) is 42.2 Å². The van der Waals surface area contributed by atoms with Crippen molar-refractivity contribution in [1.29, 1.82) is 0 Å². The largest absolute Gasteiger partial charge is 0.392 e. The molecule has 1 aromatic rings. The summed E-state index contributed by atoms with van der Waals surface area (Å²) in [5.41, 5.74) is 0.675. The molecule has 1 aliphatic rings. The summed E-state index contributed by atoms with van der Waals surface area (Å²) >= 11 is 1.21. The molecule has 0 amide bonds. The summed E-state index contributed by atoms with van der Waals surface area (Å²) in [5.74, 6) is 0.487. The maximum atomic E-state index is 12.9. The van der Waals surface area contributed by atoms with Gasteiger partial charge in [0, 0.05) is 12.6 Å². The van der Waals surface area contributed by atoms with Crippen LogP contribution in [0.5, 0.6) is 0 Å². The molecule has 21 heavy (non-hydrogen) atoms. The number of sulfonamides is 1. The maximum Gasteiger partial charge on any atom is 0.252 e. The van der Waals surface area contributed by atoms with Crippen LogP contribution >= 0.6 is 11.3 Å². The van der Waals surface area contributed by atoms with Crippen molar-refractivity contribution in [3.63, 3.8) is 0 Å². The minimum absolute atomic E-state index is 0.110. The van der Waals surface area contributed by atoms with E-state index < -0.39 is 10.0 Å². The van der Waals surface area contributed by atoms with Crippen molar-refractivity contribution in [3.05, 3.63) is 17.0 Å². The third kappa shape index (κ3) is 4.06. The standard InChI is InChI=1S/C15H25NO3S2/c1-12(2)7-8-16(14-5-3-4-6-14)21(18,19)15-9-13(10-17)11-20-15/h9,11-12,14,17H,3-8,10H2,1-2H3. The predicted octanol–water partition coefficient (Wildman–Crippen LogP) is 3.22. The highest BCUT2D eigenvalue weighted by molar-refractivity contribution is 7.91. The number of aliphatic hydroxyl groups excluding tert-OH is 1. The van der Waals surface area contributed by atoms with E-state index in [1.54, 1.807) is 15.8 Å². The highest BCUT2D eigenvalue weighted by Gasteiger charge is 2.33. The van der Waals surface area contributed by atoms with Crippen LogP contribution in [0.4, 0.5) is 0 Å². The van der Waals surface area contributed by atoms with Crippen molar-refractivity contribution in [2.75, 3.05) is 6.54 Å². The first kappa shape index (κ1) is 16.9. The fourth-order valence-corrected chi connectivity index (χ4v) is 5.79. The molecule has 4 nitrogen and oxygen atoms in total. The van der Waals surface area contributed by atoms with Crippen molar-refractivity contribution in [3.8, 4) is 0 Å². The van der Waals surface area contributed by atoms with Crippen molar-refractivity contribution in [1.82, 2.24) is 4.31 Å². The zero-order valence-corrected chi connectivity index (χ0v) is 14.4. The lowest BCUT2D eigenvalue weighted by Crippen LogP contribution is -2.39. The van der Waals surface area contributed by atoms with E-state index >= 15 is 0 Å². The normalized spacial score (nSPS) is 17.2. The van der Waals surface area contributed by atoms with Gasteiger partial charge in [-0.1, -0.05) is 26.7 Å². The highest BCUT2D eigenvalue weighted by Crippen LogP contribution is 2.31. The number of hydrogen-bond donors (Lipinski definition) is 1. The van der Waals surface area contributed by atoms with E-state index in [0.717, 1.165) is 32.1 Å². The summed E-state index contributed by atoms with van der Waals surface area (Å²) in [6.45, 7) is 4.72. The minimum atomic E-state index is -3.43. The lowest BCUT2D eigenvalue weighted by Gasteiger charge is -2.28. The first-order chi connectivity index (χ1) is 9.95. The van der Waals surface area contributed by atoms with Crippen LogP contribution in [0.2, 0.25) is 0 Å².